The maximum Gasteiger partial charge on any atom is 0.185 e. The Labute approximate surface area is 121 Å². The van der Waals surface area contributed by atoms with Gasteiger partial charge in [0.25, 0.3) is 0 Å². The van der Waals surface area contributed by atoms with E-state index in [-0.39, 0.29) is 0 Å². The first-order valence-corrected chi connectivity index (χ1v) is 7.82. The van der Waals surface area contributed by atoms with Crippen molar-refractivity contribution in [1.82, 2.24) is 10.3 Å². The molecule has 1 N–H and O–H groups in total. The zero-order valence-electron chi connectivity index (χ0n) is 12.8. The predicted octanol–water partition coefficient (Wildman–Crippen LogP) is 2.68. The summed E-state index contributed by atoms with van der Waals surface area (Å²) in [6.45, 7) is 9.11. The van der Waals surface area contributed by atoms with E-state index in [0.29, 0.717) is 6.04 Å². The van der Waals surface area contributed by atoms with Gasteiger partial charge in [-0.15, -0.1) is 11.3 Å². The maximum absolute atomic E-state index is 5.05. The molecule has 1 heterocycles. The Kier molecular flexibility index (Phi) is 7.34. The highest BCUT2D eigenvalue weighted by molar-refractivity contribution is 7.15. The second-order valence-corrected chi connectivity index (χ2v) is 6.05. The highest BCUT2D eigenvalue weighted by Crippen LogP contribution is 2.27. The summed E-state index contributed by atoms with van der Waals surface area (Å²) < 4.78 is 5.05. The fourth-order valence-electron chi connectivity index (χ4n) is 1.69. The van der Waals surface area contributed by atoms with Gasteiger partial charge in [-0.3, -0.25) is 0 Å². The number of thiazole rings is 1. The third kappa shape index (κ3) is 5.09. The SMILES string of the molecule is CCCc1nc(N(C)C(C)C)sc1CNCCOC. The first-order valence-electron chi connectivity index (χ1n) is 7.01. The maximum atomic E-state index is 5.05. The minimum atomic E-state index is 0.481. The van der Waals surface area contributed by atoms with E-state index in [1.165, 1.54) is 10.6 Å². The Bertz CT molecular complexity index is 366. The van der Waals surface area contributed by atoms with Crippen LogP contribution < -0.4 is 10.2 Å². The van der Waals surface area contributed by atoms with Gasteiger partial charge in [0, 0.05) is 38.2 Å². The third-order valence-corrected chi connectivity index (χ3v) is 4.29. The van der Waals surface area contributed by atoms with Crippen LogP contribution in [0.2, 0.25) is 0 Å². The number of ether oxygens (including phenoxy) is 1. The van der Waals surface area contributed by atoms with Crippen molar-refractivity contribution in [3.63, 3.8) is 0 Å². The summed E-state index contributed by atoms with van der Waals surface area (Å²) in [7, 11) is 3.84. The molecule has 0 saturated heterocycles. The smallest absolute Gasteiger partial charge is 0.185 e. The molecule has 0 bridgehead atoms. The lowest BCUT2D eigenvalue weighted by molar-refractivity contribution is 0.199. The molecule has 0 unspecified atom stereocenters. The van der Waals surface area contributed by atoms with E-state index < -0.39 is 0 Å². The molecule has 0 aliphatic carbocycles. The molecule has 0 aromatic carbocycles. The van der Waals surface area contributed by atoms with Crippen LogP contribution in [0.3, 0.4) is 0 Å². The number of rotatable bonds is 9. The van der Waals surface area contributed by atoms with Crippen molar-refractivity contribution in [3.05, 3.63) is 10.6 Å². The van der Waals surface area contributed by atoms with Gasteiger partial charge in [0.15, 0.2) is 5.13 Å². The molecule has 0 aliphatic rings. The van der Waals surface area contributed by atoms with Gasteiger partial charge in [-0.05, 0) is 20.3 Å². The van der Waals surface area contributed by atoms with Crippen LogP contribution in [0.1, 0.15) is 37.8 Å². The Balaban J connectivity index is 2.71. The molecule has 0 fully saturated rings. The number of anilines is 1. The van der Waals surface area contributed by atoms with Gasteiger partial charge in [0.05, 0.1) is 12.3 Å². The summed E-state index contributed by atoms with van der Waals surface area (Å²) in [6.07, 6.45) is 2.20. The number of methoxy groups -OCH3 is 1. The number of aryl methyl sites for hydroxylation is 1. The number of aromatic nitrogens is 1. The molecule has 0 amide bonds. The van der Waals surface area contributed by atoms with Crippen LogP contribution in [-0.4, -0.2) is 38.3 Å². The minimum absolute atomic E-state index is 0.481. The van der Waals surface area contributed by atoms with Crippen molar-refractivity contribution in [2.75, 3.05) is 32.2 Å². The van der Waals surface area contributed by atoms with E-state index in [2.05, 4.69) is 38.0 Å². The topological polar surface area (TPSA) is 37.4 Å². The first-order chi connectivity index (χ1) is 9.10. The summed E-state index contributed by atoms with van der Waals surface area (Å²) in [4.78, 5) is 8.39. The molecule has 5 heteroatoms. The Morgan fingerprint density at radius 2 is 2.16 bits per heavy atom. The molecule has 4 nitrogen and oxygen atoms in total. The summed E-state index contributed by atoms with van der Waals surface area (Å²) in [5.74, 6) is 0. The molecule has 19 heavy (non-hydrogen) atoms. The highest BCUT2D eigenvalue weighted by atomic mass is 32.1. The molecular formula is C14H27N3OS. The molecule has 0 spiro atoms. The van der Waals surface area contributed by atoms with Crippen LogP contribution in [-0.2, 0) is 17.7 Å². The zero-order valence-corrected chi connectivity index (χ0v) is 13.6. The van der Waals surface area contributed by atoms with Gasteiger partial charge in [0.2, 0.25) is 0 Å². The van der Waals surface area contributed by atoms with Crippen LogP contribution in [0.25, 0.3) is 0 Å². The van der Waals surface area contributed by atoms with Gasteiger partial charge >= 0.3 is 0 Å². The van der Waals surface area contributed by atoms with Gasteiger partial charge in [-0.2, -0.15) is 0 Å². The fourth-order valence-corrected chi connectivity index (χ4v) is 2.86. The van der Waals surface area contributed by atoms with Crippen LogP contribution in [0.15, 0.2) is 0 Å². The van der Waals surface area contributed by atoms with E-state index in [9.17, 15) is 0 Å². The lowest BCUT2D eigenvalue weighted by atomic mass is 10.2. The highest BCUT2D eigenvalue weighted by Gasteiger charge is 2.14. The van der Waals surface area contributed by atoms with Crippen LogP contribution in [0.4, 0.5) is 5.13 Å². The summed E-state index contributed by atoms with van der Waals surface area (Å²) >= 11 is 1.81. The van der Waals surface area contributed by atoms with Crippen LogP contribution in [0, 0.1) is 0 Å². The Hall–Kier alpha value is -0.650. The second-order valence-electron chi connectivity index (χ2n) is 4.99. The quantitative estimate of drug-likeness (QED) is 0.708. The van der Waals surface area contributed by atoms with Crippen molar-refractivity contribution in [3.8, 4) is 0 Å². The van der Waals surface area contributed by atoms with E-state index in [1.807, 2.05) is 0 Å². The second kappa shape index (κ2) is 8.51. The molecule has 0 saturated carbocycles. The van der Waals surface area contributed by atoms with Crippen LogP contribution >= 0.6 is 11.3 Å². The first kappa shape index (κ1) is 16.4. The normalized spacial score (nSPS) is 11.3. The van der Waals surface area contributed by atoms with Crippen LogP contribution in [0.5, 0.6) is 0 Å². The van der Waals surface area contributed by atoms with Crippen molar-refractivity contribution < 1.29 is 4.74 Å². The lowest BCUT2D eigenvalue weighted by Crippen LogP contribution is -2.25. The Morgan fingerprint density at radius 1 is 1.42 bits per heavy atom. The molecule has 1 aromatic heterocycles. The van der Waals surface area contributed by atoms with Crippen molar-refractivity contribution in [2.45, 2.75) is 46.2 Å². The average molecular weight is 285 g/mol. The molecular weight excluding hydrogens is 258 g/mol. The number of hydrogen-bond acceptors (Lipinski definition) is 5. The monoisotopic (exact) mass is 285 g/mol. The standard InChI is InChI=1S/C14H27N3OS/c1-6-7-12-13(10-15-8-9-18-5)19-14(16-12)17(4)11(2)3/h11,15H,6-10H2,1-5H3. The van der Waals surface area contributed by atoms with E-state index in [0.717, 1.165) is 37.7 Å². The number of nitrogens with one attached hydrogen (secondary N) is 1. The van der Waals surface area contributed by atoms with Gasteiger partial charge < -0.3 is 15.0 Å². The van der Waals surface area contributed by atoms with Gasteiger partial charge in [-0.25, -0.2) is 4.98 Å². The summed E-state index contributed by atoms with van der Waals surface area (Å²) in [6, 6.07) is 0.481. The molecule has 0 radical (unpaired) electrons. The molecule has 1 aromatic rings. The largest absolute Gasteiger partial charge is 0.383 e. The van der Waals surface area contributed by atoms with Crippen molar-refractivity contribution in [2.24, 2.45) is 0 Å². The fraction of sp³-hybridized carbons (Fsp3) is 0.786. The van der Waals surface area contributed by atoms with Crippen molar-refractivity contribution >= 4 is 16.5 Å². The van der Waals surface area contributed by atoms with Gasteiger partial charge in [-0.1, -0.05) is 13.3 Å². The summed E-state index contributed by atoms with van der Waals surface area (Å²) in [5.41, 5.74) is 1.25. The van der Waals surface area contributed by atoms with E-state index in [4.69, 9.17) is 9.72 Å². The molecule has 110 valence electrons. The van der Waals surface area contributed by atoms with E-state index in [1.54, 1.807) is 18.4 Å². The summed E-state index contributed by atoms with van der Waals surface area (Å²) in [5, 5.41) is 4.54. The number of nitrogens with zero attached hydrogens (tertiary/aromatic N) is 2. The van der Waals surface area contributed by atoms with Gasteiger partial charge in [0.1, 0.15) is 0 Å². The zero-order chi connectivity index (χ0) is 14.3. The average Bonchev–Trinajstić information content (AvgIpc) is 2.77. The molecule has 0 aliphatic heterocycles. The minimum Gasteiger partial charge on any atom is -0.383 e. The number of hydrogen-bond donors (Lipinski definition) is 1. The predicted molar refractivity (Wildman–Crippen MR) is 83.2 cm³/mol. The Morgan fingerprint density at radius 3 is 2.74 bits per heavy atom. The van der Waals surface area contributed by atoms with E-state index >= 15 is 0 Å². The molecule has 0 atom stereocenters. The van der Waals surface area contributed by atoms with Crippen molar-refractivity contribution in [1.29, 1.82) is 0 Å². The third-order valence-electron chi connectivity index (χ3n) is 3.10. The lowest BCUT2D eigenvalue weighted by Gasteiger charge is -2.19. The molecule has 1 rings (SSSR count).